The average Bonchev–Trinajstić information content (AvgIpc) is 4.05. The molecular weight excluding hydrogens is 714 g/mol. The van der Waals surface area contributed by atoms with Gasteiger partial charge < -0.3 is 43.6 Å². The molecule has 0 spiro atoms. The molecule has 12 heteroatoms. The Balaban J connectivity index is 1.39. The Hall–Kier alpha value is -3.94. The predicted molar refractivity (Wildman–Crippen MR) is 214 cm³/mol. The number of rotatable bonds is 23. The van der Waals surface area contributed by atoms with E-state index in [1.54, 1.807) is 18.0 Å². The van der Waals surface area contributed by atoms with Crippen molar-refractivity contribution in [1.29, 1.82) is 0 Å². The van der Waals surface area contributed by atoms with Gasteiger partial charge in [-0.1, -0.05) is 60.5 Å². The SMILES string of the molecule is C=CCOC12Oc3ccc(OCCN4CC4)cc3C3C(CCCCO)C(CCCCO)C=C(C(=NOCC)CC1N(C)C(=O)OCCOCc1ccccc1)C32. The van der Waals surface area contributed by atoms with Crippen LogP contribution in [0.3, 0.4) is 0 Å². The summed E-state index contributed by atoms with van der Waals surface area (Å²) >= 11 is 0. The first-order chi connectivity index (χ1) is 27.4. The monoisotopic (exact) mass is 775 g/mol. The molecule has 6 atom stereocenters. The van der Waals surface area contributed by atoms with Crippen molar-refractivity contribution in [3.05, 3.63) is 84.0 Å². The lowest BCUT2D eigenvalue weighted by molar-refractivity contribution is -0.253. The minimum atomic E-state index is -1.34. The molecule has 2 fully saturated rings. The zero-order valence-corrected chi connectivity index (χ0v) is 33.2. The lowest BCUT2D eigenvalue weighted by atomic mass is 9.55. The third kappa shape index (κ3) is 9.95. The number of likely N-dealkylation sites (N-methyl/N-ethyl adjacent to an activating group) is 1. The van der Waals surface area contributed by atoms with Crippen LogP contribution >= 0.6 is 0 Å². The maximum Gasteiger partial charge on any atom is 0.410 e. The van der Waals surface area contributed by atoms with Crippen molar-refractivity contribution >= 4 is 11.8 Å². The van der Waals surface area contributed by atoms with Gasteiger partial charge in [0.05, 0.1) is 31.5 Å². The number of carbonyl (C=O) groups excluding carboxylic acids is 1. The number of hydrogen-bond acceptors (Lipinski definition) is 11. The molecule has 2 aromatic rings. The average molecular weight is 776 g/mol. The number of fused-ring (bicyclic) bond motifs is 2. The second-order valence-electron chi connectivity index (χ2n) is 15.1. The first kappa shape index (κ1) is 41.7. The van der Waals surface area contributed by atoms with E-state index in [9.17, 15) is 15.0 Å². The van der Waals surface area contributed by atoms with Gasteiger partial charge in [-0.15, -0.1) is 6.58 Å². The number of allylic oxidation sites excluding steroid dienone is 1. The lowest BCUT2D eigenvalue weighted by Crippen LogP contribution is -2.69. The van der Waals surface area contributed by atoms with E-state index in [0.29, 0.717) is 44.8 Å². The van der Waals surface area contributed by atoms with Crippen LogP contribution in [0.15, 0.2) is 78.0 Å². The summed E-state index contributed by atoms with van der Waals surface area (Å²) < 4.78 is 32.1. The molecule has 2 aliphatic carbocycles. The van der Waals surface area contributed by atoms with Crippen molar-refractivity contribution in [3.63, 3.8) is 0 Å². The fourth-order valence-corrected chi connectivity index (χ4v) is 8.73. The van der Waals surface area contributed by atoms with Crippen molar-refractivity contribution in [2.75, 3.05) is 72.9 Å². The topological polar surface area (TPSA) is 132 Å². The summed E-state index contributed by atoms with van der Waals surface area (Å²) in [4.78, 5) is 23.7. The van der Waals surface area contributed by atoms with Gasteiger partial charge in [0.15, 0.2) is 0 Å². The van der Waals surface area contributed by atoms with Gasteiger partial charge >= 0.3 is 6.09 Å². The van der Waals surface area contributed by atoms with Crippen molar-refractivity contribution < 1.29 is 43.5 Å². The van der Waals surface area contributed by atoms with Gasteiger partial charge in [0, 0.05) is 57.8 Å². The number of oxime groups is 1. The molecular formula is C44H61N3O9. The van der Waals surface area contributed by atoms with Gasteiger partial charge in [-0.3, -0.25) is 4.90 Å². The number of ether oxygens (including phenoxy) is 5. The van der Waals surface area contributed by atoms with Crippen LogP contribution in [0.5, 0.6) is 11.5 Å². The van der Waals surface area contributed by atoms with Gasteiger partial charge in [0.25, 0.3) is 0 Å². The molecule has 2 heterocycles. The number of benzene rings is 2. The molecule has 2 N–H and O–H groups in total. The number of hydrogen-bond donors (Lipinski definition) is 2. The zero-order valence-electron chi connectivity index (χ0n) is 33.2. The molecule has 0 aromatic heterocycles. The largest absolute Gasteiger partial charge is 0.492 e. The predicted octanol–water partition coefficient (Wildman–Crippen LogP) is 6.32. The highest BCUT2D eigenvalue weighted by atomic mass is 16.7. The third-order valence-corrected chi connectivity index (χ3v) is 11.5. The Morgan fingerprint density at radius 3 is 2.57 bits per heavy atom. The van der Waals surface area contributed by atoms with Gasteiger partial charge in [-0.05, 0) is 73.8 Å². The maximum absolute atomic E-state index is 14.0. The van der Waals surface area contributed by atoms with E-state index in [2.05, 4.69) is 23.6 Å². The van der Waals surface area contributed by atoms with E-state index in [4.69, 9.17) is 33.7 Å². The smallest absolute Gasteiger partial charge is 0.410 e. The number of aliphatic hydroxyl groups is 2. The van der Waals surface area contributed by atoms with Crippen molar-refractivity contribution in [3.8, 4) is 11.5 Å². The van der Waals surface area contributed by atoms with Crippen LogP contribution in [0.4, 0.5) is 4.79 Å². The Kier molecular flexibility index (Phi) is 15.2. The fourth-order valence-electron chi connectivity index (χ4n) is 8.73. The molecule has 2 aromatic carbocycles. The molecule has 12 nitrogen and oxygen atoms in total. The molecule has 6 rings (SSSR count). The number of unbranched alkanes of at least 4 members (excludes halogenated alkanes) is 2. The van der Waals surface area contributed by atoms with E-state index in [-0.39, 0.29) is 50.8 Å². The second kappa shape index (κ2) is 20.5. The van der Waals surface area contributed by atoms with Crippen molar-refractivity contribution in [2.45, 2.75) is 76.2 Å². The molecule has 0 radical (unpaired) electrons. The Bertz CT molecular complexity index is 1630. The summed E-state index contributed by atoms with van der Waals surface area (Å²) in [6.45, 7) is 11.1. The fraction of sp³-hybridized carbons (Fsp3) is 0.591. The maximum atomic E-state index is 14.0. The minimum Gasteiger partial charge on any atom is -0.492 e. The lowest BCUT2D eigenvalue weighted by Gasteiger charge is -2.59. The molecule has 306 valence electrons. The minimum absolute atomic E-state index is 0.0764. The summed E-state index contributed by atoms with van der Waals surface area (Å²) in [5.41, 5.74) is 3.81. The summed E-state index contributed by atoms with van der Waals surface area (Å²) in [6, 6.07) is 15.3. The highest BCUT2D eigenvalue weighted by molar-refractivity contribution is 6.02. The van der Waals surface area contributed by atoms with E-state index < -0.39 is 23.8 Å². The van der Waals surface area contributed by atoms with Crippen LogP contribution < -0.4 is 9.47 Å². The van der Waals surface area contributed by atoms with E-state index in [1.165, 1.54) is 0 Å². The highest BCUT2D eigenvalue weighted by Gasteiger charge is 2.65. The number of nitrogens with zero attached hydrogens (tertiary/aromatic N) is 3. The molecule has 2 aliphatic heterocycles. The van der Waals surface area contributed by atoms with Crippen LogP contribution in [-0.2, 0) is 25.7 Å². The van der Waals surface area contributed by atoms with E-state index in [1.807, 2.05) is 49.4 Å². The van der Waals surface area contributed by atoms with Crippen LogP contribution in [-0.4, -0.2) is 117 Å². The molecule has 0 bridgehead atoms. The summed E-state index contributed by atoms with van der Waals surface area (Å²) in [6.07, 6.45) is 8.67. The molecule has 1 amide bonds. The zero-order chi connectivity index (χ0) is 39.3. The van der Waals surface area contributed by atoms with E-state index >= 15 is 0 Å². The normalized spacial score (nSPS) is 25.7. The Labute approximate surface area is 332 Å². The molecule has 6 unspecified atom stereocenters. The van der Waals surface area contributed by atoms with Gasteiger partial charge in [0.2, 0.25) is 5.79 Å². The molecule has 1 saturated carbocycles. The van der Waals surface area contributed by atoms with Gasteiger partial charge in [-0.25, -0.2) is 4.79 Å². The summed E-state index contributed by atoms with van der Waals surface area (Å²) in [7, 11) is 1.73. The molecule has 4 aliphatic rings. The Morgan fingerprint density at radius 1 is 1.05 bits per heavy atom. The standard InChI is InChI=1S/C44H61N3O9/c1-4-24-54-44-40(46(3)43(50)53-27-26-51-31-32-13-7-6-8-14-32)30-38(45-55-5-2)36-28-33(15-9-11-22-48)35(16-10-12-23-49)41(42(36)44)37-29-34(17-18-39(37)56-44)52-25-21-47-19-20-47/h4,6-8,13-14,17-18,28-29,33,35,40-42,48-49H,1,5,9-12,15-16,19-27,30-31H2,2-3H3. The summed E-state index contributed by atoms with van der Waals surface area (Å²) in [5, 5.41) is 24.3. The van der Waals surface area contributed by atoms with Crippen LogP contribution in [0.1, 0.15) is 68.9 Å². The Morgan fingerprint density at radius 2 is 1.84 bits per heavy atom. The quantitative estimate of drug-likeness (QED) is 0.0573. The third-order valence-electron chi connectivity index (χ3n) is 11.5. The van der Waals surface area contributed by atoms with Crippen molar-refractivity contribution in [2.24, 2.45) is 22.9 Å². The first-order valence-corrected chi connectivity index (χ1v) is 20.5. The molecule has 1 saturated heterocycles. The summed E-state index contributed by atoms with van der Waals surface area (Å²) in [5.74, 6) is -0.117. The number of aliphatic hydroxyl groups excluding tert-OH is 2. The van der Waals surface area contributed by atoms with Crippen LogP contribution in [0.2, 0.25) is 0 Å². The van der Waals surface area contributed by atoms with Crippen LogP contribution in [0.25, 0.3) is 0 Å². The second-order valence-corrected chi connectivity index (χ2v) is 15.1. The first-order valence-electron chi connectivity index (χ1n) is 20.5. The van der Waals surface area contributed by atoms with Crippen LogP contribution in [0, 0.1) is 17.8 Å². The number of carbonyl (C=O) groups is 1. The van der Waals surface area contributed by atoms with Gasteiger partial charge in [-0.2, -0.15) is 0 Å². The van der Waals surface area contributed by atoms with E-state index in [0.717, 1.165) is 73.5 Å². The van der Waals surface area contributed by atoms with Gasteiger partial charge in [0.1, 0.15) is 37.4 Å². The van der Waals surface area contributed by atoms with Crippen molar-refractivity contribution in [1.82, 2.24) is 9.80 Å². The highest BCUT2D eigenvalue weighted by Crippen LogP contribution is 2.61. The number of amides is 1. The molecule has 56 heavy (non-hydrogen) atoms.